The zero-order valence-electron chi connectivity index (χ0n) is 10.7. The van der Waals surface area contributed by atoms with Crippen LogP contribution in [0.2, 0.25) is 0 Å². The van der Waals surface area contributed by atoms with Crippen molar-refractivity contribution in [1.29, 1.82) is 5.26 Å². The fraction of sp³-hybridized carbons (Fsp3) is 0.312. The molecule has 0 fully saturated rings. The van der Waals surface area contributed by atoms with Crippen molar-refractivity contribution in [1.82, 2.24) is 9.97 Å². The summed E-state index contributed by atoms with van der Waals surface area (Å²) in [5.41, 5.74) is 4.59. The molecule has 1 aliphatic rings. The van der Waals surface area contributed by atoms with E-state index < -0.39 is 0 Å². The molecule has 1 aromatic heterocycles. The summed E-state index contributed by atoms with van der Waals surface area (Å²) in [4.78, 5) is 8.31. The molecule has 0 N–H and O–H groups in total. The third-order valence-corrected chi connectivity index (χ3v) is 3.71. The van der Waals surface area contributed by atoms with Crippen LogP contribution in [0.5, 0.6) is 0 Å². The third-order valence-electron chi connectivity index (χ3n) is 3.71. The summed E-state index contributed by atoms with van der Waals surface area (Å²) in [7, 11) is 0. The molecule has 0 saturated heterocycles. The van der Waals surface area contributed by atoms with Gasteiger partial charge in [-0.05, 0) is 42.4 Å². The molecule has 1 aliphatic carbocycles. The molecule has 3 rings (SSSR count). The second-order valence-electron chi connectivity index (χ2n) is 4.93. The van der Waals surface area contributed by atoms with Gasteiger partial charge in [-0.1, -0.05) is 18.2 Å². The number of aryl methyl sites for hydroxylation is 2. The van der Waals surface area contributed by atoms with Crippen molar-refractivity contribution in [2.75, 3.05) is 0 Å². The molecule has 0 saturated carbocycles. The summed E-state index contributed by atoms with van der Waals surface area (Å²) in [6.07, 6.45) is 9.76. The van der Waals surface area contributed by atoms with Gasteiger partial charge in [-0.2, -0.15) is 5.26 Å². The summed E-state index contributed by atoms with van der Waals surface area (Å²) in [6, 6.07) is 8.75. The average molecular weight is 249 g/mol. The molecule has 3 nitrogen and oxygen atoms in total. The summed E-state index contributed by atoms with van der Waals surface area (Å²) < 4.78 is 0. The molecule has 0 amide bonds. The van der Waals surface area contributed by atoms with Gasteiger partial charge in [0.2, 0.25) is 0 Å². The SMILES string of the molecule is N#CC(c1ccc2c(c1)CCCC2)c1cnccn1. The van der Waals surface area contributed by atoms with Crippen LogP contribution in [0.4, 0.5) is 0 Å². The third kappa shape index (κ3) is 2.34. The Balaban J connectivity index is 1.99. The Bertz CT molecular complexity index is 614. The van der Waals surface area contributed by atoms with Crippen LogP contribution >= 0.6 is 0 Å². The Kier molecular flexibility index (Phi) is 3.24. The number of nitrogens with zero attached hydrogens (tertiary/aromatic N) is 3. The van der Waals surface area contributed by atoms with Crippen LogP contribution in [0.25, 0.3) is 0 Å². The van der Waals surface area contributed by atoms with Gasteiger partial charge in [0.1, 0.15) is 5.92 Å². The van der Waals surface area contributed by atoms with E-state index in [1.807, 2.05) is 0 Å². The van der Waals surface area contributed by atoms with Crippen LogP contribution in [-0.2, 0) is 12.8 Å². The zero-order chi connectivity index (χ0) is 13.1. The van der Waals surface area contributed by atoms with Gasteiger partial charge < -0.3 is 0 Å². The first-order chi connectivity index (χ1) is 9.38. The minimum absolute atomic E-state index is 0.319. The van der Waals surface area contributed by atoms with Gasteiger partial charge in [-0.25, -0.2) is 0 Å². The smallest absolute Gasteiger partial charge is 0.115 e. The highest BCUT2D eigenvalue weighted by molar-refractivity contribution is 5.40. The number of benzene rings is 1. The lowest BCUT2D eigenvalue weighted by atomic mass is 9.87. The molecular weight excluding hydrogens is 234 g/mol. The fourth-order valence-corrected chi connectivity index (χ4v) is 2.70. The van der Waals surface area contributed by atoms with Gasteiger partial charge in [0.15, 0.2) is 0 Å². The van der Waals surface area contributed by atoms with E-state index in [1.165, 1.54) is 24.0 Å². The van der Waals surface area contributed by atoms with Crippen LogP contribution in [-0.4, -0.2) is 9.97 Å². The van der Waals surface area contributed by atoms with E-state index in [0.717, 1.165) is 24.1 Å². The second-order valence-corrected chi connectivity index (χ2v) is 4.93. The molecule has 1 atom stereocenters. The Morgan fingerprint density at radius 1 is 1.11 bits per heavy atom. The van der Waals surface area contributed by atoms with Crippen molar-refractivity contribution in [3.63, 3.8) is 0 Å². The maximum atomic E-state index is 9.42. The van der Waals surface area contributed by atoms with Crippen LogP contribution in [0, 0.1) is 11.3 Å². The Hall–Kier alpha value is -2.21. The lowest BCUT2D eigenvalue weighted by molar-refractivity contribution is 0.684. The largest absolute Gasteiger partial charge is 0.261 e. The van der Waals surface area contributed by atoms with Crippen molar-refractivity contribution in [3.05, 3.63) is 59.2 Å². The van der Waals surface area contributed by atoms with E-state index in [9.17, 15) is 5.26 Å². The quantitative estimate of drug-likeness (QED) is 0.822. The van der Waals surface area contributed by atoms with Gasteiger partial charge in [-0.3, -0.25) is 9.97 Å². The molecule has 1 aromatic carbocycles. The first-order valence-electron chi connectivity index (χ1n) is 6.65. The van der Waals surface area contributed by atoms with Gasteiger partial charge in [0.05, 0.1) is 18.0 Å². The molecule has 94 valence electrons. The molecule has 3 heteroatoms. The van der Waals surface area contributed by atoms with E-state index in [1.54, 1.807) is 18.6 Å². The standard InChI is InChI=1S/C16H15N3/c17-10-15(16-11-18-7-8-19-16)14-6-5-12-3-1-2-4-13(12)9-14/h5-9,11,15H,1-4H2. The molecule has 0 spiro atoms. The summed E-state index contributed by atoms with van der Waals surface area (Å²) in [6.45, 7) is 0. The Labute approximate surface area is 113 Å². The fourth-order valence-electron chi connectivity index (χ4n) is 2.70. The summed E-state index contributed by atoms with van der Waals surface area (Å²) in [5, 5.41) is 9.42. The number of hydrogen-bond acceptors (Lipinski definition) is 3. The molecule has 1 unspecified atom stereocenters. The predicted octanol–water partition coefficient (Wildman–Crippen LogP) is 3.01. The van der Waals surface area contributed by atoms with E-state index in [0.29, 0.717) is 0 Å². The van der Waals surface area contributed by atoms with E-state index >= 15 is 0 Å². The van der Waals surface area contributed by atoms with Crippen molar-refractivity contribution in [2.45, 2.75) is 31.6 Å². The first kappa shape index (κ1) is 11.9. The number of fused-ring (bicyclic) bond motifs is 1. The predicted molar refractivity (Wildman–Crippen MR) is 72.6 cm³/mol. The number of rotatable bonds is 2. The minimum atomic E-state index is -0.319. The normalized spacial score (nSPS) is 15.3. The first-order valence-corrected chi connectivity index (χ1v) is 6.65. The Morgan fingerprint density at radius 3 is 2.68 bits per heavy atom. The zero-order valence-corrected chi connectivity index (χ0v) is 10.7. The van der Waals surface area contributed by atoms with E-state index in [-0.39, 0.29) is 5.92 Å². The maximum absolute atomic E-state index is 9.42. The molecule has 19 heavy (non-hydrogen) atoms. The number of hydrogen-bond donors (Lipinski definition) is 0. The minimum Gasteiger partial charge on any atom is -0.261 e. The summed E-state index contributed by atoms with van der Waals surface area (Å²) >= 11 is 0. The molecule has 1 heterocycles. The molecule has 0 bridgehead atoms. The molecular formula is C16H15N3. The second kappa shape index (κ2) is 5.19. The maximum Gasteiger partial charge on any atom is 0.115 e. The van der Waals surface area contributed by atoms with Crippen molar-refractivity contribution in [2.24, 2.45) is 0 Å². The highest BCUT2D eigenvalue weighted by atomic mass is 14.8. The number of aromatic nitrogens is 2. The number of nitriles is 1. The van der Waals surface area contributed by atoms with Crippen LogP contribution in [0.15, 0.2) is 36.8 Å². The van der Waals surface area contributed by atoms with Gasteiger partial charge >= 0.3 is 0 Å². The Morgan fingerprint density at radius 2 is 1.95 bits per heavy atom. The van der Waals surface area contributed by atoms with Gasteiger partial charge in [0.25, 0.3) is 0 Å². The highest BCUT2D eigenvalue weighted by Gasteiger charge is 2.17. The van der Waals surface area contributed by atoms with Gasteiger partial charge in [-0.15, -0.1) is 0 Å². The topological polar surface area (TPSA) is 49.6 Å². The lowest BCUT2D eigenvalue weighted by Crippen LogP contribution is -2.06. The highest BCUT2D eigenvalue weighted by Crippen LogP contribution is 2.27. The van der Waals surface area contributed by atoms with Crippen LogP contribution in [0.1, 0.15) is 41.1 Å². The average Bonchev–Trinajstić information content (AvgIpc) is 2.49. The monoisotopic (exact) mass is 249 g/mol. The van der Waals surface area contributed by atoms with Crippen molar-refractivity contribution >= 4 is 0 Å². The van der Waals surface area contributed by atoms with Crippen molar-refractivity contribution in [3.8, 4) is 6.07 Å². The van der Waals surface area contributed by atoms with E-state index in [4.69, 9.17) is 0 Å². The van der Waals surface area contributed by atoms with Crippen LogP contribution < -0.4 is 0 Å². The van der Waals surface area contributed by atoms with E-state index in [2.05, 4.69) is 34.2 Å². The lowest BCUT2D eigenvalue weighted by Gasteiger charge is -2.18. The molecule has 0 radical (unpaired) electrons. The van der Waals surface area contributed by atoms with Crippen LogP contribution in [0.3, 0.4) is 0 Å². The van der Waals surface area contributed by atoms with Crippen molar-refractivity contribution < 1.29 is 0 Å². The molecule has 0 aliphatic heterocycles. The molecule has 2 aromatic rings. The summed E-state index contributed by atoms with van der Waals surface area (Å²) in [5.74, 6) is -0.319. The van der Waals surface area contributed by atoms with Gasteiger partial charge in [0, 0.05) is 12.4 Å².